The van der Waals surface area contributed by atoms with Gasteiger partial charge < -0.3 is 11.1 Å². The van der Waals surface area contributed by atoms with E-state index in [0.29, 0.717) is 30.3 Å². The molecular weight excluding hydrogens is 236 g/mol. The van der Waals surface area contributed by atoms with E-state index in [1.54, 1.807) is 0 Å². The second-order valence-corrected chi connectivity index (χ2v) is 6.77. The summed E-state index contributed by atoms with van der Waals surface area (Å²) in [6.45, 7) is 2.27. The second-order valence-electron chi connectivity index (χ2n) is 6.77. The average Bonchev–Trinajstić information content (AvgIpc) is 2.39. The number of nitrogens with one attached hydrogen (secondary N) is 1. The molecule has 2 aliphatic carbocycles. The van der Waals surface area contributed by atoms with Crippen LogP contribution in [0.25, 0.3) is 0 Å². The fourth-order valence-electron chi connectivity index (χ4n) is 3.74. The Morgan fingerprint density at radius 2 is 1.95 bits per heavy atom. The van der Waals surface area contributed by atoms with E-state index >= 15 is 0 Å². The minimum atomic E-state index is 0.262. The van der Waals surface area contributed by atoms with Crippen molar-refractivity contribution in [1.82, 2.24) is 5.32 Å². The average molecular weight is 266 g/mol. The molecule has 0 aliphatic heterocycles. The first-order valence-corrected chi connectivity index (χ1v) is 8.20. The van der Waals surface area contributed by atoms with E-state index in [1.165, 1.54) is 44.9 Å². The standard InChI is InChI=1S/C16H30N2O/c1-12-5-2-3-8-15(12)18-16(19)10-9-13-6-4-7-14(17)11-13/h12-15H,2-11,17H2,1H3,(H,18,19). The Kier molecular flexibility index (Phi) is 5.68. The Hall–Kier alpha value is -0.570. The van der Waals surface area contributed by atoms with E-state index in [2.05, 4.69) is 12.2 Å². The van der Waals surface area contributed by atoms with Crippen LogP contribution in [0, 0.1) is 11.8 Å². The van der Waals surface area contributed by atoms with Crippen LogP contribution >= 0.6 is 0 Å². The quantitative estimate of drug-likeness (QED) is 0.822. The maximum absolute atomic E-state index is 12.0. The molecule has 19 heavy (non-hydrogen) atoms. The summed E-state index contributed by atoms with van der Waals surface area (Å²) in [6.07, 6.45) is 11.6. The smallest absolute Gasteiger partial charge is 0.220 e. The summed E-state index contributed by atoms with van der Waals surface area (Å²) in [4.78, 5) is 12.0. The van der Waals surface area contributed by atoms with Crippen molar-refractivity contribution in [3.05, 3.63) is 0 Å². The van der Waals surface area contributed by atoms with Crippen molar-refractivity contribution in [2.45, 2.75) is 83.2 Å². The van der Waals surface area contributed by atoms with Crippen LogP contribution in [0.2, 0.25) is 0 Å². The fraction of sp³-hybridized carbons (Fsp3) is 0.938. The summed E-state index contributed by atoms with van der Waals surface area (Å²) >= 11 is 0. The minimum Gasteiger partial charge on any atom is -0.353 e. The zero-order chi connectivity index (χ0) is 13.7. The van der Waals surface area contributed by atoms with Gasteiger partial charge in [0.2, 0.25) is 5.91 Å². The summed E-state index contributed by atoms with van der Waals surface area (Å²) < 4.78 is 0. The van der Waals surface area contributed by atoms with Gasteiger partial charge in [-0.2, -0.15) is 0 Å². The van der Waals surface area contributed by atoms with Gasteiger partial charge in [0, 0.05) is 18.5 Å². The lowest BCUT2D eigenvalue weighted by Gasteiger charge is -2.30. The van der Waals surface area contributed by atoms with Crippen LogP contribution in [-0.2, 0) is 4.79 Å². The fourth-order valence-corrected chi connectivity index (χ4v) is 3.74. The highest BCUT2D eigenvalue weighted by atomic mass is 16.1. The van der Waals surface area contributed by atoms with Gasteiger partial charge >= 0.3 is 0 Å². The number of hydrogen-bond acceptors (Lipinski definition) is 2. The molecule has 110 valence electrons. The molecule has 1 amide bonds. The van der Waals surface area contributed by atoms with Gasteiger partial charge in [-0.1, -0.05) is 32.6 Å². The summed E-state index contributed by atoms with van der Waals surface area (Å²) in [5, 5.41) is 3.25. The topological polar surface area (TPSA) is 55.1 Å². The number of hydrogen-bond donors (Lipinski definition) is 2. The molecule has 0 bridgehead atoms. The molecule has 3 nitrogen and oxygen atoms in total. The molecular formula is C16H30N2O. The normalized spacial score (nSPS) is 35.9. The maximum atomic E-state index is 12.0. The molecule has 4 atom stereocenters. The molecule has 2 saturated carbocycles. The Morgan fingerprint density at radius 1 is 1.16 bits per heavy atom. The molecule has 0 spiro atoms. The molecule has 3 heteroatoms. The molecule has 2 fully saturated rings. The largest absolute Gasteiger partial charge is 0.353 e. The molecule has 0 saturated heterocycles. The van der Waals surface area contributed by atoms with E-state index in [0.717, 1.165) is 12.8 Å². The van der Waals surface area contributed by atoms with Crippen LogP contribution in [0.3, 0.4) is 0 Å². The van der Waals surface area contributed by atoms with Gasteiger partial charge in [0.25, 0.3) is 0 Å². The number of rotatable bonds is 4. The molecule has 0 aromatic carbocycles. The SMILES string of the molecule is CC1CCCCC1NC(=O)CCC1CCCC(N)C1. The second kappa shape index (κ2) is 7.28. The van der Waals surface area contributed by atoms with Crippen LogP contribution in [0.4, 0.5) is 0 Å². The third-order valence-corrected chi connectivity index (χ3v) is 5.06. The minimum absolute atomic E-state index is 0.262. The van der Waals surface area contributed by atoms with Crippen LogP contribution in [0.5, 0.6) is 0 Å². The van der Waals surface area contributed by atoms with Crippen LogP contribution in [0.15, 0.2) is 0 Å². The van der Waals surface area contributed by atoms with Crippen molar-refractivity contribution in [2.75, 3.05) is 0 Å². The zero-order valence-corrected chi connectivity index (χ0v) is 12.4. The predicted molar refractivity (Wildman–Crippen MR) is 78.7 cm³/mol. The van der Waals surface area contributed by atoms with Gasteiger partial charge in [0.05, 0.1) is 0 Å². The Balaban J connectivity index is 1.66. The van der Waals surface area contributed by atoms with Crippen LogP contribution < -0.4 is 11.1 Å². The summed E-state index contributed by atoms with van der Waals surface area (Å²) in [7, 11) is 0. The van der Waals surface area contributed by atoms with E-state index in [4.69, 9.17) is 5.73 Å². The Labute approximate surface area is 117 Å². The highest BCUT2D eigenvalue weighted by Gasteiger charge is 2.24. The van der Waals surface area contributed by atoms with E-state index in [9.17, 15) is 4.79 Å². The lowest BCUT2D eigenvalue weighted by atomic mass is 9.83. The van der Waals surface area contributed by atoms with Gasteiger partial charge in [0.15, 0.2) is 0 Å². The van der Waals surface area contributed by atoms with Crippen LogP contribution in [-0.4, -0.2) is 18.0 Å². The highest BCUT2D eigenvalue weighted by molar-refractivity contribution is 5.76. The molecule has 3 N–H and O–H groups in total. The molecule has 0 aromatic heterocycles. The monoisotopic (exact) mass is 266 g/mol. The number of nitrogens with two attached hydrogens (primary N) is 1. The van der Waals surface area contributed by atoms with Crippen molar-refractivity contribution in [3.8, 4) is 0 Å². The van der Waals surface area contributed by atoms with Gasteiger partial charge in [-0.25, -0.2) is 0 Å². The molecule has 2 rings (SSSR count). The molecule has 0 heterocycles. The summed E-state index contributed by atoms with van der Waals surface area (Å²) in [5.41, 5.74) is 6.00. The maximum Gasteiger partial charge on any atom is 0.220 e. The first kappa shape index (κ1) is 14.8. The number of amides is 1. The van der Waals surface area contributed by atoms with Crippen molar-refractivity contribution in [3.63, 3.8) is 0 Å². The van der Waals surface area contributed by atoms with Crippen molar-refractivity contribution in [1.29, 1.82) is 0 Å². The van der Waals surface area contributed by atoms with Crippen molar-refractivity contribution in [2.24, 2.45) is 17.6 Å². The van der Waals surface area contributed by atoms with Gasteiger partial charge in [-0.3, -0.25) is 4.79 Å². The Bertz CT molecular complexity index is 292. The molecule has 0 radical (unpaired) electrons. The number of carbonyl (C=O) groups is 1. The van der Waals surface area contributed by atoms with E-state index in [1.807, 2.05) is 0 Å². The third-order valence-electron chi connectivity index (χ3n) is 5.06. The first-order chi connectivity index (χ1) is 9.15. The van der Waals surface area contributed by atoms with Gasteiger partial charge in [0.1, 0.15) is 0 Å². The number of carbonyl (C=O) groups excluding carboxylic acids is 1. The van der Waals surface area contributed by atoms with Crippen LogP contribution in [0.1, 0.15) is 71.1 Å². The van der Waals surface area contributed by atoms with Gasteiger partial charge in [-0.05, 0) is 43.9 Å². The lowest BCUT2D eigenvalue weighted by molar-refractivity contribution is -0.122. The van der Waals surface area contributed by atoms with E-state index < -0.39 is 0 Å². The summed E-state index contributed by atoms with van der Waals surface area (Å²) in [6, 6.07) is 0.801. The third kappa shape index (κ3) is 4.79. The highest BCUT2D eigenvalue weighted by Crippen LogP contribution is 2.27. The molecule has 4 unspecified atom stereocenters. The molecule has 2 aliphatic rings. The first-order valence-electron chi connectivity index (χ1n) is 8.20. The Morgan fingerprint density at radius 3 is 2.68 bits per heavy atom. The van der Waals surface area contributed by atoms with Gasteiger partial charge in [-0.15, -0.1) is 0 Å². The zero-order valence-electron chi connectivity index (χ0n) is 12.4. The summed E-state index contributed by atoms with van der Waals surface area (Å²) in [5.74, 6) is 1.59. The predicted octanol–water partition coefficient (Wildman–Crippen LogP) is 2.98. The van der Waals surface area contributed by atoms with Crippen molar-refractivity contribution < 1.29 is 4.79 Å². The lowest BCUT2D eigenvalue weighted by Crippen LogP contribution is -2.41. The van der Waals surface area contributed by atoms with Crippen molar-refractivity contribution >= 4 is 5.91 Å². The van der Waals surface area contributed by atoms with E-state index in [-0.39, 0.29) is 5.91 Å². The molecule has 0 aromatic rings.